The van der Waals surface area contributed by atoms with E-state index in [0.29, 0.717) is 24.0 Å². The van der Waals surface area contributed by atoms with Crippen LogP contribution in [0.5, 0.6) is 0 Å². The van der Waals surface area contributed by atoms with Crippen LogP contribution in [0.25, 0.3) is 0 Å². The molecular weight excluding hydrogens is 244 g/mol. The summed E-state index contributed by atoms with van der Waals surface area (Å²) in [7, 11) is 2.08. The van der Waals surface area contributed by atoms with Crippen LogP contribution in [0.15, 0.2) is 30.3 Å². The van der Waals surface area contributed by atoms with Crippen molar-refractivity contribution in [3.05, 3.63) is 35.9 Å². The van der Waals surface area contributed by atoms with Crippen LogP contribution in [0.3, 0.4) is 0 Å². The Balaban J connectivity index is 3.00. The average Bonchev–Trinajstić information content (AvgIpc) is 2.43. The maximum atomic E-state index is 3.54. The van der Waals surface area contributed by atoms with Crippen LogP contribution in [-0.4, -0.2) is 30.6 Å². The summed E-state index contributed by atoms with van der Waals surface area (Å²) in [6, 6.07) is 12.3. The number of likely N-dealkylation sites (N-methyl/N-ethyl adjacent to an activating group) is 1. The first-order valence-corrected chi connectivity index (χ1v) is 7.99. The van der Waals surface area contributed by atoms with Gasteiger partial charge in [0.1, 0.15) is 0 Å². The first-order chi connectivity index (χ1) is 9.51. The van der Waals surface area contributed by atoms with Crippen molar-refractivity contribution >= 4 is 0 Å². The smallest absolute Gasteiger partial charge is 0.0475 e. The van der Waals surface area contributed by atoms with Crippen LogP contribution in [0.2, 0.25) is 0 Å². The summed E-state index contributed by atoms with van der Waals surface area (Å²) in [5, 5.41) is 3.54. The van der Waals surface area contributed by atoms with Crippen LogP contribution in [0.1, 0.15) is 52.6 Å². The van der Waals surface area contributed by atoms with Gasteiger partial charge in [-0.25, -0.2) is 0 Å². The third-order valence-corrected chi connectivity index (χ3v) is 3.94. The fraction of sp³-hybridized carbons (Fsp3) is 0.667. The lowest BCUT2D eigenvalue weighted by atomic mass is 9.94. The Hall–Kier alpha value is -0.860. The van der Waals surface area contributed by atoms with Crippen molar-refractivity contribution in [1.29, 1.82) is 0 Å². The second-order valence-corrected chi connectivity index (χ2v) is 6.34. The zero-order valence-electron chi connectivity index (χ0n) is 14.1. The number of benzene rings is 1. The Kier molecular flexibility index (Phi) is 7.25. The fourth-order valence-electron chi connectivity index (χ4n) is 3.05. The normalized spacial score (nSPS) is 15.1. The number of nitrogens with one attached hydrogen (secondary N) is 1. The Labute approximate surface area is 125 Å². The molecule has 0 saturated heterocycles. The van der Waals surface area contributed by atoms with Crippen molar-refractivity contribution in [3.63, 3.8) is 0 Å². The minimum atomic E-state index is 0.391. The van der Waals surface area contributed by atoms with Crippen molar-refractivity contribution < 1.29 is 0 Å². The summed E-state index contributed by atoms with van der Waals surface area (Å²) in [6.07, 6.45) is 1.16. The van der Waals surface area contributed by atoms with E-state index in [1.165, 1.54) is 5.56 Å². The molecular formula is C18H32N2. The van der Waals surface area contributed by atoms with E-state index in [4.69, 9.17) is 0 Å². The summed E-state index contributed by atoms with van der Waals surface area (Å²) >= 11 is 0. The zero-order chi connectivity index (χ0) is 15.1. The monoisotopic (exact) mass is 276 g/mol. The van der Waals surface area contributed by atoms with Gasteiger partial charge in [-0.15, -0.1) is 0 Å². The standard InChI is InChI=1S/C18H32N2/c1-7-17(20(15(4)5)13-14(2)3)18(19-6)16-11-9-8-10-12-16/h8-12,14-15,17-19H,7,13H2,1-6H3. The number of rotatable bonds is 8. The van der Waals surface area contributed by atoms with Gasteiger partial charge < -0.3 is 5.32 Å². The summed E-state index contributed by atoms with van der Waals surface area (Å²) in [5.41, 5.74) is 1.39. The highest BCUT2D eigenvalue weighted by Gasteiger charge is 2.28. The molecule has 0 amide bonds. The van der Waals surface area contributed by atoms with Crippen molar-refractivity contribution in [2.24, 2.45) is 5.92 Å². The summed E-state index contributed by atoms with van der Waals surface area (Å²) in [5.74, 6) is 0.694. The quantitative estimate of drug-likeness (QED) is 0.769. The minimum absolute atomic E-state index is 0.391. The zero-order valence-corrected chi connectivity index (χ0v) is 14.1. The first kappa shape index (κ1) is 17.2. The lowest BCUT2D eigenvalue weighted by Crippen LogP contribution is -2.48. The molecule has 2 unspecified atom stereocenters. The van der Waals surface area contributed by atoms with E-state index in [1.54, 1.807) is 0 Å². The van der Waals surface area contributed by atoms with E-state index >= 15 is 0 Å². The summed E-state index contributed by atoms with van der Waals surface area (Å²) < 4.78 is 0. The SMILES string of the molecule is CCC(C(NC)c1ccccc1)N(CC(C)C)C(C)C. The maximum absolute atomic E-state index is 3.54. The Morgan fingerprint density at radius 1 is 1.05 bits per heavy atom. The number of hydrogen-bond acceptors (Lipinski definition) is 2. The lowest BCUT2D eigenvalue weighted by molar-refractivity contribution is 0.104. The van der Waals surface area contributed by atoms with Crippen LogP contribution >= 0.6 is 0 Å². The van der Waals surface area contributed by atoms with Crippen molar-refractivity contribution in [3.8, 4) is 0 Å². The second kappa shape index (κ2) is 8.43. The molecule has 0 aliphatic carbocycles. The molecule has 0 spiro atoms. The predicted molar refractivity (Wildman–Crippen MR) is 89.0 cm³/mol. The molecule has 1 aromatic rings. The molecule has 114 valence electrons. The Morgan fingerprint density at radius 2 is 1.65 bits per heavy atom. The molecule has 0 aromatic heterocycles. The summed E-state index contributed by atoms with van der Waals surface area (Å²) in [4.78, 5) is 2.65. The topological polar surface area (TPSA) is 15.3 Å². The Morgan fingerprint density at radius 3 is 2.05 bits per heavy atom. The van der Waals surface area contributed by atoms with Gasteiger partial charge >= 0.3 is 0 Å². The minimum Gasteiger partial charge on any atom is -0.312 e. The highest BCUT2D eigenvalue weighted by Crippen LogP contribution is 2.25. The van der Waals surface area contributed by atoms with Gasteiger partial charge in [-0.2, -0.15) is 0 Å². The number of hydrogen-bond donors (Lipinski definition) is 1. The van der Waals surface area contributed by atoms with Crippen LogP contribution in [0, 0.1) is 5.92 Å². The molecule has 1 aromatic carbocycles. The highest BCUT2D eigenvalue weighted by molar-refractivity contribution is 5.20. The molecule has 0 fully saturated rings. The molecule has 0 aliphatic heterocycles. The predicted octanol–water partition coefficient (Wildman–Crippen LogP) is 4.09. The van der Waals surface area contributed by atoms with Gasteiger partial charge in [0.25, 0.3) is 0 Å². The van der Waals surface area contributed by atoms with Gasteiger partial charge in [0.15, 0.2) is 0 Å². The Bertz CT molecular complexity index is 359. The van der Waals surface area contributed by atoms with E-state index in [2.05, 4.69) is 82.2 Å². The van der Waals surface area contributed by atoms with Gasteiger partial charge in [-0.05, 0) is 38.8 Å². The van der Waals surface area contributed by atoms with Crippen molar-refractivity contribution in [2.75, 3.05) is 13.6 Å². The maximum Gasteiger partial charge on any atom is 0.0475 e. The fourth-order valence-corrected chi connectivity index (χ4v) is 3.05. The van der Waals surface area contributed by atoms with Crippen molar-refractivity contribution in [2.45, 2.75) is 59.2 Å². The van der Waals surface area contributed by atoms with Gasteiger partial charge in [-0.1, -0.05) is 51.1 Å². The first-order valence-electron chi connectivity index (χ1n) is 7.99. The summed E-state index contributed by atoms with van der Waals surface area (Å²) in [6.45, 7) is 12.7. The van der Waals surface area contributed by atoms with E-state index in [0.717, 1.165) is 13.0 Å². The molecule has 2 atom stereocenters. The van der Waals surface area contributed by atoms with E-state index in [-0.39, 0.29) is 0 Å². The van der Waals surface area contributed by atoms with E-state index in [1.807, 2.05) is 0 Å². The van der Waals surface area contributed by atoms with E-state index in [9.17, 15) is 0 Å². The third kappa shape index (κ3) is 4.60. The second-order valence-electron chi connectivity index (χ2n) is 6.34. The molecule has 1 N–H and O–H groups in total. The van der Waals surface area contributed by atoms with Crippen LogP contribution in [-0.2, 0) is 0 Å². The lowest BCUT2D eigenvalue weighted by Gasteiger charge is -2.40. The average molecular weight is 276 g/mol. The molecule has 0 heterocycles. The molecule has 0 saturated carbocycles. The van der Waals surface area contributed by atoms with Crippen LogP contribution < -0.4 is 5.32 Å². The molecule has 0 radical (unpaired) electrons. The van der Waals surface area contributed by atoms with E-state index < -0.39 is 0 Å². The molecule has 0 aliphatic rings. The van der Waals surface area contributed by atoms with Gasteiger partial charge in [0.05, 0.1) is 0 Å². The van der Waals surface area contributed by atoms with Gasteiger partial charge in [0.2, 0.25) is 0 Å². The molecule has 0 bridgehead atoms. The largest absolute Gasteiger partial charge is 0.312 e. The third-order valence-electron chi connectivity index (χ3n) is 3.94. The molecule has 2 heteroatoms. The molecule has 2 nitrogen and oxygen atoms in total. The van der Waals surface area contributed by atoms with Crippen molar-refractivity contribution in [1.82, 2.24) is 10.2 Å². The molecule has 20 heavy (non-hydrogen) atoms. The van der Waals surface area contributed by atoms with Gasteiger partial charge in [-0.3, -0.25) is 4.90 Å². The highest BCUT2D eigenvalue weighted by atomic mass is 15.2. The molecule has 1 rings (SSSR count). The van der Waals surface area contributed by atoms with Crippen LogP contribution in [0.4, 0.5) is 0 Å². The number of nitrogens with zero attached hydrogens (tertiary/aromatic N) is 1. The van der Waals surface area contributed by atoms with Gasteiger partial charge in [0, 0.05) is 24.7 Å².